The lowest BCUT2D eigenvalue weighted by molar-refractivity contribution is -0.123. The third-order valence-corrected chi connectivity index (χ3v) is 6.06. The number of carbonyl (C=O) groups excluding carboxylic acids is 2. The van der Waals surface area contributed by atoms with Crippen molar-refractivity contribution in [1.82, 2.24) is 25.0 Å². The molecule has 2 N–H and O–H groups in total. The van der Waals surface area contributed by atoms with Gasteiger partial charge in [-0.25, -0.2) is 18.9 Å². The first-order valence-corrected chi connectivity index (χ1v) is 10.6. The molecule has 1 saturated heterocycles. The number of para-hydroxylation sites is 1. The second kappa shape index (κ2) is 8.07. The van der Waals surface area contributed by atoms with Crippen LogP contribution in [0.15, 0.2) is 54.6 Å². The molecular weight excluding hydrogens is 411 g/mol. The van der Waals surface area contributed by atoms with Crippen molar-refractivity contribution >= 4 is 17.6 Å². The van der Waals surface area contributed by atoms with Gasteiger partial charge in [-0.1, -0.05) is 30.3 Å². The van der Waals surface area contributed by atoms with Crippen LogP contribution in [0.2, 0.25) is 0 Å². The highest BCUT2D eigenvalue weighted by molar-refractivity contribution is 5.89. The molecule has 2 aliphatic heterocycles. The molecule has 0 atom stereocenters. The van der Waals surface area contributed by atoms with Gasteiger partial charge in [0.25, 0.3) is 0 Å². The van der Waals surface area contributed by atoms with E-state index >= 15 is 0 Å². The molecule has 3 aromatic rings. The number of nitrogens with one attached hydrogen (secondary N) is 2. The molecule has 8 nitrogen and oxygen atoms in total. The third kappa shape index (κ3) is 4.05. The number of aromatic nitrogens is 3. The minimum atomic E-state index is -0.485. The number of anilines is 1. The van der Waals surface area contributed by atoms with E-state index in [2.05, 4.69) is 20.7 Å². The molecule has 0 aliphatic carbocycles. The quantitative estimate of drug-likeness (QED) is 0.649. The van der Waals surface area contributed by atoms with Crippen molar-refractivity contribution in [2.45, 2.75) is 31.3 Å². The second-order valence-electron chi connectivity index (χ2n) is 8.31. The van der Waals surface area contributed by atoms with Gasteiger partial charge in [0.05, 0.1) is 5.54 Å². The van der Waals surface area contributed by atoms with Crippen molar-refractivity contribution < 1.29 is 14.0 Å². The molecule has 5 rings (SSSR count). The SMILES string of the molecule is O=C1Cn2nc(-c3cccc(F)c3)nc2CC2(CCN(C(=O)Nc3ccccc3)CC2)N1. The molecule has 0 bridgehead atoms. The van der Waals surface area contributed by atoms with Gasteiger partial charge in [0.1, 0.15) is 18.2 Å². The third-order valence-electron chi connectivity index (χ3n) is 6.06. The number of nitrogens with zero attached hydrogens (tertiary/aromatic N) is 4. The minimum Gasteiger partial charge on any atom is -0.348 e. The smallest absolute Gasteiger partial charge is 0.321 e. The fourth-order valence-electron chi connectivity index (χ4n) is 4.36. The van der Waals surface area contributed by atoms with Crippen molar-refractivity contribution in [2.24, 2.45) is 0 Å². The molecule has 0 saturated carbocycles. The average molecular weight is 434 g/mol. The lowest BCUT2D eigenvalue weighted by Gasteiger charge is -2.41. The van der Waals surface area contributed by atoms with Crippen LogP contribution in [0.3, 0.4) is 0 Å². The number of hydrogen-bond donors (Lipinski definition) is 2. The van der Waals surface area contributed by atoms with Crippen molar-refractivity contribution in [3.8, 4) is 11.4 Å². The standard InChI is InChI=1S/C23H23FN6O2/c24-17-6-4-5-16(13-17)21-26-19-14-23(27-20(31)15-30(19)28-21)9-11-29(12-10-23)22(32)25-18-7-2-1-3-8-18/h1-8,13H,9-12,14-15H2,(H,25,32)(H,27,31). The summed E-state index contributed by atoms with van der Waals surface area (Å²) in [6, 6.07) is 15.3. The van der Waals surface area contributed by atoms with Crippen LogP contribution in [0.5, 0.6) is 0 Å². The predicted octanol–water partition coefficient (Wildman–Crippen LogP) is 2.82. The van der Waals surface area contributed by atoms with Crippen LogP contribution >= 0.6 is 0 Å². The summed E-state index contributed by atoms with van der Waals surface area (Å²) in [5.41, 5.74) is 0.840. The number of fused-ring (bicyclic) bond motifs is 1. The van der Waals surface area contributed by atoms with E-state index in [9.17, 15) is 14.0 Å². The van der Waals surface area contributed by atoms with Gasteiger partial charge in [0, 0.05) is 30.8 Å². The second-order valence-corrected chi connectivity index (χ2v) is 8.31. The molecule has 2 aromatic carbocycles. The lowest BCUT2D eigenvalue weighted by Crippen LogP contribution is -2.57. The van der Waals surface area contributed by atoms with Crippen LogP contribution in [-0.2, 0) is 17.8 Å². The van der Waals surface area contributed by atoms with Gasteiger partial charge in [-0.15, -0.1) is 0 Å². The molecule has 0 radical (unpaired) electrons. The van der Waals surface area contributed by atoms with E-state index in [0.29, 0.717) is 49.6 Å². The molecule has 1 aromatic heterocycles. The maximum absolute atomic E-state index is 13.6. The summed E-state index contributed by atoms with van der Waals surface area (Å²) in [4.78, 5) is 31.6. The molecule has 164 valence electrons. The van der Waals surface area contributed by atoms with Gasteiger partial charge < -0.3 is 15.5 Å². The molecule has 1 spiro atoms. The zero-order valence-corrected chi connectivity index (χ0v) is 17.4. The van der Waals surface area contributed by atoms with Crippen molar-refractivity contribution in [2.75, 3.05) is 18.4 Å². The maximum Gasteiger partial charge on any atom is 0.321 e. The number of likely N-dealkylation sites (tertiary alicyclic amines) is 1. The van der Waals surface area contributed by atoms with E-state index in [1.54, 1.807) is 21.7 Å². The molecule has 3 amide bonds. The Morgan fingerprint density at radius 1 is 1.09 bits per heavy atom. The summed E-state index contributed by atoms with van der Waals surface area (Å²) in [5.74, 6) is 0.596. The molecule has 3 heterocycles. The summed E-state index contributed by atoms with van der Waals surface area (Å²) in [6.45, 7) is 1.10. The summed E-state index contributed by atoms with van der Waals surface area (Å²) < 4.78 is 15.2. The molecule has 1 fully saturated rings. The van der Waals surface area contributed by atoms with E-state index in [4.69, 9.17) is 0 Å². The van der Waals surface area contributed by atoms with Crippen LogP contribution in [0, 0.1) is 5.82 Å². The number of hydrogen-bond acceptors (Lipinski definition) is 4. The molecular formula is C23H23FN6O2. The number of urea groups is 1. The number of rotatable bonds is 2. The average Bonchev–Trinajstić information content (AvgIpc) is 3.11. The fourth-order valence-corrected chi connectivity index (χ4v) is 4.36. The topological polar surface area (TPSA) is 92.2 Å². The lowest BCUT2D eigenvalue weighted by atomic mass is 9.84. The summed E-state index contributed by atoms with van der Waals surface area (Å²) in [7, 11) is 0. The van der Waals surface area contributed by atoms with E-state index in [-0.39, 0.29) is 24.3 Å². The van der Waals surface area contributed by atoms with E-state index in [1.165, 1.54) is 12.1 Å². The first kappa shape index (κ1) is 20.2. The highest BCUT2D eigenvalue weighted by atomic mass is 19.1. The zero-order valence-electron chi connectivity index (χ0n) is 17.4. The van der Waals surface area contributed by atoms with Crippen LogP contribution in [0.25, 0.3) is 11.4 Å². The Bertz CT molecular complexity index is 1150. The number of amides is 3. The van der Waals surface area contributed by atoms with Crippen LogP contribution in [0.1, 0.15) is 18.7 Å². The number of piperidine rings is 1. The summed E-state index contributed by atoms with van der Waals surface area (Å²) in [5, 5.41) is 10.5. The van der Waals surface area contributed by atoms with E-state index in [0.717, 1.165) is 5.69 Å². The van der Waals surface area contributed by atoms with Gasteiger partial charge in [0.2, 0.25) is 5.91 Å². The molecule has 0 unspecified atom stereocenters. The predicted molar refractivity (Wildman–Crippen MR) is 116 cm³/mol. The Balaban J connectivity index is 1.31. The Morgan fingerprint density at radius 3 is 2.62 bits per heavy atom. The molecule has 9 heteroatoms. The van der Waals surface area contributed by atoms with Crippen molar-refractivity contribution in [3.63, 3.8) is 0 Å². The molecule has 2 aliphatic rings. The summed E-state index contributed by atoms with van der Waals surface area (Å²) >= 11 is 0. The number of halogens is 1. The zero-order chi connectivity index (χ0) is 22.1. The largest absolute Gasteiger partial charge is 0.348 e. The first-order valence-electron chi connectivity index (χ1n) is 10.6. The minimum absolute atomic E-state index is 0.0671. The fraction of sp³-hybridized carbons (Fsp3) is 0.304. The van der Waals surface area contributed by atoms with Gasteiger partial charge in [-0.2, -0.15) is 5.10 Å². The van der Waals surface area contributed by atoms with Crippen LogP contribution in [0.4, 0.5) is 14.9 Å². The normalized spacial score (nSPS) is 17.4. The van der Waals surface area contributed by atoms with Gasteiger partial charge in [-0.3, -0.25) is 4.79 Å². The Hall–Kier alpha value is -3.75. The molecule has 32 heavy (non-hydrogen) atoms. The van der Waals surface area contributed by atoms with Crippen molar-refractivity contribution in [1.29, 1.82) is 0 Å². The number of carbonyl (C=O) groups is 2. The van der Waals surface area contributed by atoms with E-state index < -0.39 is 5.54 Å². The maximum atomic E-state index is 13.6. The highest BCUT2D eigenvalue weighted by Gasteiger charge is 2.40. The Morgan fingerprint density at radius 2 is 1.88 bits per heavy atom. The number of benzene rings is 2. The Kier molecular flexibility index (Phi) is 5.08. The monoisotopic (exact) mass is 434 g/mol. The van der Waals surface area contributed by atoms with E-state index in [1.807, 2.05) is 30.3 Å². The van der Waals surface area contributed by atoms with Crippen molar-refractivity contribution in [3.05, 3.63) is 66.2 Å². The van der Waals surface area contributed by atoms with Gasteiger partial charge in [-0.05, 0) is 37.1 Å². The Labute approximate surface area is 184 Å². The summed E-state index contributed by atoms with van der Waals surface area (Å²) in [6.07, 6.45) is 1.74. The van der Waals surface area contributed by atoms with Crippen LogP contribution < -0.4 is 10.6 Å². The van der Waals surface area contributed by atoms with Gasteiger partial charge in [0.15, 0.2) is 5.82 Å². The highest BCUT2D eigenvalue weighted by Crippen LogP contribution is 2.29. The van der Waals surface area contributed by atoms with Gasteiger partial charge >= 0.3 is 6.03 Å². The van der Waals surface area contributed by atoms with Crippen LogP contribution in [-0.4, -0.2) is 50.2 Å². The first-order chi connectivity index (χ1) is 15.5.